The molecule has 24 heavy (non-hydrogen) atoms. The number of likely N-dealkylation sites (N-methyl/N-ethyl adjacent to an activating group) is 1. The number of carbonyl (C=O) groups is 1. The molecule has 1 N–H and O–H groups in total. The van der Waals surface area contributed by atoms with Gasteiger partial charge in [-0.1, -0.05) is 13.0 Å². The first-order chi connectivity index (χ1) is 11.1. The Morgan fingerprint density at radius 3 is 2.62 bits per heavy atom. The van der Waals surface area contributed by atoms with E-state index in [1.54, 1.807) is 30.1 Å². The Morgan fingerprint density at radius 1 is 1.38 bits per heavy atom. The molecule has 8 heteroatoms. The Labute approximate surface area is 143 Å². The fourth-order valence-corrected chi connectivity index (χ4v) is 3.36. The second-order valence-corrected chi connectivity index (χ2v) is 8.39. The van der Waals surface area contributed by atoms with Crippen LogP contribution in [0.3, 0.4) is 0 Å². The summed E-state index contributed by atoms with van der Waals surface area (Å²) in [5, 5.41) is 0. The van der Waals surface area contributed by atoms with Crippen LogP contribution < -0.4 is 9.46 Å². The van der Waals surface area contributed by atoms with Gasteiger partial charge in [-0.3, -0.25) is 9.52 Å². The summed E-state index contributed by atoms with van der Waals surface area (Å²) in [6.07, 6.45) is 0.903. The summed E-state index contributed by atoms with van der Waals surface area (Å²) >= 11 is 0. The first-order valence-electron chi connectivity index (χ1n) is 7.76. The first-order valence-corrected chi connectivity index (χ1v) is 9.65. The van der Waals surface area contributed by atoms with Crippen LogP contribution in [0.5, 0.6) is 5.75 Å². The van der Waals surface area contributed by atoms with Crippen molar-refractivity contribution in [3.8, 4) is 5.75 Å². The number of para-hydroxylation sites is 1. The molecule has 0 unspecified atom stereocenters. The van der Waals surface area contributed by atoms with Gasteiger partial charge in [-0.25, -0.2) is 8.42 Å². The van der Waals surface area contributed by atoms with Crippen LogP contribution >= 0.6 is 0 Å². The van der Waals surface area contributed by atoms with Gasteiger partial charge in [0, 0.05) is 26.1 Å². The number of sulfonamides is 1. The van der Waals surface area contributed by atoms with Crippen LogP contribution in [0.4, 0.5) is 5.69 Å². The van der Waals surface area contributed by atoms with Crippen LogP contribution in [-0.4, -0.2) is 70.7 Å². The molecule has 7 nitrogen and oxygen atoms in total. The highest BCUT2D eigenvalue weighted by molar-refractivity contribution is 7.92. The Kier molecular flexibility index (Phi) is 5.39. The van der Waals surface area contributed by atoms with E-state index in [0.29, 0.717) is 18.7 Å². The number of rotatable bonds is 4. The molecule has 0 saturated carbocycles. The summed E-state index contributed by atoms with van der Waals surface area (Å²) in [7, 11) is 2.16. The second kappa shape index (κ2) is 6.98. The number of carbonyl (C=O) groups excluding carboxylic acids is 1. The molecule has 0 fully saturated rings. The van der Waals surface area contributed by atoms with Crippen molar-refractivity contribution in [2.45, 2.75) is 13.0 Å². The molecule has 0 saturated heterocycles. The van der Waals surface area contributed by atoms with Crippen LogP contribution in [0.15, 0.2) is 18.2 Å². The highest BCUT2D eigenvalue weighted by Gasteiger charge is 2.31. The van der Waals surface area contributed by atoms with Crippen molar-refractivity contribution in [1.82, 2.24) is 9.80 Å². The molecule has 0 aromatic heterocycles. The topological polar surface area (TPSA) is 79.0 Å². The van der Waals surface area contributed by atoms with Crippen molar-refractivity contribution in [2.75, 3.05) is 45.2 Å². The van der Waals surface area contributed by atoms with Crippen LogP contribution in [0.25, 0.3) is 0 Å². The van der Waals surface area contributed by atoms with Crippen molar-refractivity contribution < 1.29 is 17.9 Å². The molecule has 2 rings (SSSR count). The monoisotopic (exact) mass is 355 g/mol. The fourth-order valence-electron chi connectivity index (χ4n) is 2.80. The van der Waals surface area contributed by atoms with Crippen LogP contribution in [-0.2, 0) is 10.0 Å². The zero-order valence-corrected chi connectivity index (χ0v) is 15.6. The van der Waals surface area contributed by atoms with Gasteiger partial charge in [0.25, 0.3) is 5.91 Å². The van der Waals surface area contributed by atoms with Crippen molar-refractivity contribution >= 4 is 21.6 Å². The van der Waals surface area contributed by atoms with Crippen molar-refractivity contribution in [2.24, 2.45) is 5.92 Å². The van der Waals surface area contributed by atoms with Gasteiger partial charge < -0.3 is 14.5 Å². The summed E-state index contributed by atoms with van der Waals surface area (Å²) in [5.41, 5.74) is 0.649. The van der Waals surface area contributed by atoms with Gasteiger partial charge in [-0.05, 0) is 26.2 Å². The predicted octanol–water partition coefficient (Wildman–Crippen LogP) is 1.09. The number of fused-ring (bicyclic) bond motifs is 1. The number of ether oxygens (including phenoxy) is 1. The predicted molar refractivity (Wildman–Crippen MR) is 94.0 cm³/mol. The molecular formula is C16H25N3O4S. The molecule has 2 atom stereocenters. The molecule has 1 aromatic carbocycles. The number of anilines is 1. The molecule has 1 amide bonds. The van der Waals surface area contributed by atoms with E-state index in [1.807, 2.05) is 25.9 Å². The van der Waals surface area contributed by atoms with Gasteiger partial charge in [0.15, 0.2) is 5.75 Å². The first kappa shape index (κ1) is 18.5. The molecule has 1 aliphatic rings. The van der Waals surface area contributed by atoms with Gasteiger partial charge in [0.1, 0.15) is 6.10 Å². The lowest BCUT2D eigenvalue weighted by Gasteiger charge is -2.34. The number of hydrogen-bond donors (Lipinski definition) is 1. The molecular weight excluding hydrogens is 330 g/mol. The minimum atomic E-state index is -3.48. The van der Waals surface area contributed by atoms with E-state index in [-0.39, 0.29) is 29.4 Å². The maximum atomic E-state index is 12.6. The smallest absolute Gasteiger partial charge is 0.257 e. The Balaban J connectivity index is 2.53. The van der Waals surface area contributed by atoms with E-state index in [9.17, 15) is 13.2 Å². The highest BCUT2D eigenvalue weighted by Crippen LogP contribution is 2.34. The maximum Gasteiger partial charge on any atom is 0.257 e. The molecule has 0 bridgehead atoms. The molecule has 1 aromatic rings. The lowest BCUT2D eigenvalue weighted by Crippen LogP contribution is -2.44. The largest absolute Gasteiger partial charge is 0.486 e. The van der Waals surface area contributed by atoms with Gasteiger partial charge in [0.05, 0.1) is 17.5 Å². The summed E-state index contributed by atoms with van der Waals surface area (Å²) in [5.74, 6) is 0.205. The van der Waals surface area contributed by atoms with E-state index in [1.165, 1.54) is 0 Å². The third kappa shape index (κ3) is 4.39. The molecule has 0 aliphatic carbocycles. The zero-order chi connectivity index (χ0) is 18.1. The van der Waals surface area contributed by atoms with E-state index in [2.05, 4.69) is 4.72 Å². The standard InChI is InChI=1S/C16H25N3O4S/c1-11-9-19(4)16(20)12-7-6-8-13(17-24(5,21)22)15(12)23-14(11)10-18(2)3/h6-8,11,14,17H,9-10H2,1-5H3/t11-,14-/m1/s1. The Hall–Kier alpha value is -1.80. The summed E-state index contributed by atoms with van der Waals surface area (Å²) in [6, 6.07) is 4.91. The SMILES string of the molecule is C[C@@H]1CN(C)C(=O)c2cccc(NS(C)(=O)=O)c2O[C@@H]1CN(C)C. The average Bonchev–Trinajstić information content (AvgIpc) is 2.44. The average molecular weight is 355 g/mol. The lowest BCUT2D eigenvalue weighted by atomic mass is 10.0. The van der Waals surface area contributed by atoms with Crippen LogP contribution in [0.2, 0.25) is 0 Å². The molecule has 0 spiro atoms. The van der Waals surface area contributed by atoms with Crippen LogP contribution in [0, 0.1) is 5.92 Å². The maximum absolute atomic E-state index is 12.6. The quantitative estimate of drug-likeness (QED) is 0.875. The lowest BCUT2D eigenvalue weighted by molar-refractivity contribution is 0.0578. The number of nitrogens with zero attached hydrogens (tertiary/aromatic N) is 2. The molecule has 1 aliphatic heterocycles. The number of hydrogen-bond acceptors (Lipinski definition) is 5. The third-order valence-electron chi connectivity index (χ3n) is 3.90. The number of amides is 1. The minimum absolute atomic E-state index is 0.0980. The van der Waals surface area contributed by atoms with Gasteiger partial charge in [-0.15, -0.1) is 0 Å². The third-order valence-corrected chi connectivity index (χ3v) is 4.49. The summed E-state index contributed by atoms with van der Waals surface area (Å²) in [6.45, 7) is 3.26. The van der Waals surface area contributed by atoms with E-state index >= 15 is 0 Å². The van der Waals surface area contributed by atoms with Crippen molar-refractivity contribution in [1.29, 1.82) is 0 Å². The fraction of sp³-hybridized carbons (Fsp3) is 0.562. The van der Waals surface area contributed by atoms with Crippen molar-refractivity contribution in [3.05, 3.63) is 23.8 Å². The minimum Gasteiger partial charge on any atom is -0.486 e. The van der Waals surface area contributed by atoms with E-state index < -0.39 is 10.0 Å². The van der Waals surface area contributed by atoms with Gasteiger partial charge in [-0.2, -0.15) is 0 Å². The number of nitrogens with one attached hydrogen (secondary N) is 1. The number of benzene rings is 1. The Morgan fingerprint density at radius 2 is 2.04 bits per heavy atom. The molecule has 1 heterocycles. The molecule has 0 radical (unpaired) electrons. The van der Waals surface area contributed by atoms with E-state index in [4.69, 9.17) is 4.74 Å². The van der Waals surface area contributed by atoms with Crippen molar-refractivity contribution in [3.63, 3.8) is 0 Å². The Bertz CT molecular complexity index is 718. The van der Waals surface area contributed by atoms with Gasteiger partial charge >= 0.3 is 0 Å². The zero-order valence-electron chi connectivity index (χ0n) is 14.7. The summed E-state index contributed by atoms with van der Waals surface area (Å²) < 4.78 is 31.9. The normalized spacial score (nSPS) is 21.8. The molecule has 134 valence electrons. The van der Waals surface area contributed by atoms with Crippen LogP contribution in [0.1, 0.15) is 17.3 Å². The highest BCUT2D eigenvalue weighted by atomic mass is 32.2. The second-order valence-electron chi connectivity index (χ2n) is 6.64. The summed E-state index contributed by atoms with van der Waals surface area (Å²) in [4.78, 5) is 16.3. The van der Waals surface area contributed by atoms with E-state index in [0.717, 1.165) is 6.26 Å². The van der Waals surface area contributed by atoms with Gasteiger partial charge in [0.2, 0.25) is 10.0 Å².